The summed E-state index contributed by atoms with van der Waals surface area (Å²) in [5.41, 5.74) is 1.84. The van der Waals surface area contributed by atoms with Crippen molar-refractivity contribution in [3.63, 3.8) is 0 Å². The zero-order chi connectivity index (χ0) is 19.2. The van der Waals surface area contributed by atoms with E-state index in [-0.39, 0.29) is 16.4 Å². The maximum absolute atomic E-state index is 12.9. The van der Waals surface area contributed by atoms with Gasteiger partial charge < -0.3 is 4.74 Å². The lowest BCUT2D eigenvalue weighted by molar-refractivity contribution is 0.414. The fourth-order valence-electron chi connectivity index (χ4n) is 3.44. The molecule has 1 atom stereocenters. The Kier molecular flexibility index (Phi) is 4.27. The number of methoxy groups -OCH3 is 1. The first-order valence-corrected chi connectivity index (χ1v) is 10.1. The minimum Gasteiger partial charge on any atom is -0.497 e. The minimum atomic E-state index is -3.57. The van der Waals surface area contributed by atoms with Crippen molar-refractivity contribution < 1.29 is 13.2 Å². The van der Waals surface area contributed by atoms with Crippen LogP contribution >= 0.6 is 0 Å². The van der Waals surface area contributed by atoms with Gasteiger partial charge in [-0.15, -0.1) is 0 Å². The highest BCUT2D eigenvalue weighted by Crippen LogP contribution is 2.31. The lowest BCUT2D eigenvalue weighted by Gasteiger charge is -2.16. The third-order valence-corrected chi connectivity index (χ3v) is 6.77. The lowest BCUT2D eigenvalue weighted by Crippen LogP contribution is -2.28. The van der Waals surface area contributed by atoms with Crippen molar-refractivity contribution in [1.29, 1.82) is 0 Å². The molecule has 1 saturated heterocycles. The van der Waals surface area contributed by atoms with Gasteiger partial charge in [0.2, 0.25) is 10.0 Å². The molecular formula is C18H20N4O4S. The highest BCUT2D eigenvalue weighted by molar-refractivity contribution is 7.89. The Morgan fingerprint density at radius 2 is 1.96 bits per heavy atom. The number of hydrogen-bond donors (Lipinski definition) is 1. The van der Waals surface area contributed by atoms with E-state index in [4.69, 9.17) is 4.74 Å². The van der Waals surface area contributed by atoms with E-state index in [1.54, 1.807) is 31.2 Å². The normalized spacial score (nSPS) is 18.2. The van der Waals surface area contributed by atoms with E-state index >= 15 is 0 Å². The molecular weight excluding hydrogens is 368 g/mol. The summed E-state index contributed by atoms with van der Waals surface area (Å²) in [7, 11) is -2.03. The minimum absolute atomic E-state index is 0.0144. The number of aromatic amines is 1. The van der Waals surface area contributed by atoms with Crippen molar-refractivity contribution in [1.82, 2.24) is 18.9 Å². The second-order valence-electron chi connectivity index (χ2n) is 6.67. The van der Waals surface area contributed by atoms with E-state index in [1.165, 1.54) is 22.0 Å². The van der Waals surface area contributed by atoms with Crippen LogP contribution < -0.4 is 10.3 Å². The van der Waals surface area contributed by atoms with Crippen LogP contribution in [0.15, 0.2) is 46.1 Å². The molecule has 2 aromatic heterocycles. The second-order valence-corrected chi connectivity index (χ2v) is 8.60. The van der Waals surface area contributed by atoms with E-state index in [9.17, 15) is 13.2 Å². The summed E-state index contributed by atoms with van der Waals surface area (Å²) < 4.78 is 33.7. The summed E-state index contributed by atoms with van der Waals surface area (Å²) in [6, 6.07) is 9.66. The highest BCUT2D eigenvalue weighted by atomic mass is 32.2. The van der Waals surface area contributed by atoms with Gasteiger partial charge >= 0.3 is 0 Å². The third kappa shape index (κ3) is 3.13. The molecule has 1 aliphatic rings. The van der Waals surface area contributed by atoms with Crippen LogP contribution in [0.3, 0.4) is 0 Å². The number of benzene rings is 1. The Labute approximate surface area is 156 Å². The van der Waals surface area contributed by atoms with Crippen LogP contribution in [-0.4, -0.2) is 47.5 Å². The molecule has 0 bridgehead atoms. The zero-order valence-electron chi connectivity index (χ0n) is 15.0. The van der Waals surface area contributed by atoms with Crippen LogP contribution in [-0.2, 0) is 10.0 Å². The largest absolute Gasteiger partial charge is 0.497 e. The van der Waals surface area contributed by atoms with Crippen molar-refractivity contribution in [2.75, 3.05) is 20.2 Å². The van der Waals surface area contributed by atoms with Crippen LogP contribution in [0.2, 0.25) is 0 Å². The van der Waals surface area contributed by atoms with E-state index in [0.717, 1.165) is 5.69 Å². The number of rotatable bonds is 4. The quantitative estimate of drug-likeness (QED) is 0.731. The summed E-state index contributed by atoms with van der Waals surface area (Å²) in [4.78, 5) is 16.7. The number of ether oxygens (including phenoxy) is 1. The van der Waals surface area contributed by atoms with E-state index < -0.39 is 10.0 Å². The monoisotopic (exact) mass is 388 g/mol. The van der Waals surface area contributed by atoms with Gasteiger partial charge in [-0.3, -0.25) is 9.89 Å². The summed E-state index contributed by atoms with van der Waals surface area (Å²) in [6.45, 7) is 2.55. The number of H-pyrrole nitrogens is 1. The predicted molar refractivity (Wildman–Crippen MR) is 99.7 cm³/mol. The average molecular weight is 388 g/mol. The first kappa shape index (κ1) is 17.7. The molecule has 9 heteroatoms. The molecule has 1 aliphatic heterocycles. The van der Waals surface area contributed by atoms with Gasteiger partial charge in [-0.05, 0) is 37.6 Å². The molecule has 142 valence electrons. The van der Waals surface area contributed by atoms with Crippen LogP contribution in [0.4, 0.5) is 0 Å². The fourth-order valence-corrected chi connectivity index (χ4v) is 4.94. The number of fused-ring (bicyclic) bond motifs is 1. The smallest absolute Gasteiger partial charge is 0.272 e. The SMILES string of the molecule is COc1ccc(S(=O)(=O)N2CCC(c3cc4nc(C)cc(=O)n4[nH]3)C2)cc1. The Morgan fingerprint density at radius 1 is 1.22 bits per heavy atom. The molecule has 0 spiro atoms. The van der Waals surface area contributed by atoms with Gasteiger partial charge in [-0.1, -0.05) is 0 Å². The van der Waals surface area contributed by atoms with E-state index in [0.29, 0.717) is 36.6 Å². The first-order chi connectivity index (χ1) is 12.9. The molecule has 3 aromatic rings. The summed E-state index contributed by atoms with van der Waals surface area (Å²) in [6.07, 6.45) is 0.677. The standard InChI is InChI=1S/C18H20N4O4S/c1-12-9-18(23)22-17(19-12)10-16(20-22)13-7-8-21(11-13)27(24,25)15-5-3-14(26-2)4-6-15/h3-6,9-10,13,20H,7-8,11H2,1-2H3. The van der Waals surface area contributed by atoms with Gasteiger partial charge in [-0.25, -0.2) is 17.9 Å². The summed E-state index contributed by atoms with van der Waals surface area (Å²) >= 11 is 0. The Bertz CT molecular complexity index is 1150. The van der Waals surface area contributed by atoms with Crippen molar-refractivity contribution in [2.24, 2.45) is 0 Å². The molecule has 3 heterocycles. The molecule has 1 N–H and O–H groups in total. The molecule has 0 aliphatic carbocycles. The van der Waals surface area contributed by atoms with Gasteiger partial charge in [0.05, 0.1) is 12.0 Å². The molecule has 0 amide bonds. The lowest BCUT2D eigenvalue weighted by atomic mass is 10.1. The van der Waals surface area contributed by atoms with Crippen molar-refractivity contribution >= 4 is 15.7 Å². The molecule has 4 rings (SSSR count). The number of nitrogens with one attached hydrogen (secondary N) is 1. The Balaban J connectivity index is 1.59. The molecule has 0 saturated carbocycles. The molecule has 1 fully saturated rings. The fraction of sp³-hybridized carbons (Fsp3) is 0.333. The van der Waals surface area contributed by atoms with Crippen LogP contribution in [0.5, 0.6) is 5.75 Å². The number of hydrogen-bond acceptors (Lipinski definition) is 5. The highest BCUT2D eigenvalue weighted by Gasteiger charge is 2.34. The van der Waals surface area contributed by atoms with Crippen LogP contribution in [0, 0.1) is 6.92 Å². The molecule has 27 heavy (non-hydrogen) atoms. The van der Waals surface area contributed by atoms with Crippen LogP contribution in [0.25, 0.3) is 5.65 Å². The number of aromatic nitrogens is 3. The van der Waals surface area contributed by atoms with Crippen molar-refractivity contribution in [3.05, 3.63) is 58.1 Å². The molecule has 8 nitrogen and oxygen atoms in total. The molecule has 0 radical (unpaired) electrons. The van der Waals surface area contributed by atoms with Gasteiger partial charge in [0.1, 0.15) is 5.75 Å². The third-order valence-electron chi connectivity index (χ3n) is 4.89. The van der Waals surface area contributed by atoms with Crippen LogP contribution in [0.1, 0.15) is 23.7 Å². The second kappa shape index (κ2) is 6.50. The number of aryl methyl sites for hydroxylation is 1. The maximum Gasteiger partial charge on any atom is 0.272 e. The average Bonchev–Trinajstić information content (AvgIpc) is 3.29. The maximum atomic E-state index is 12.9. The topological polar surface area (TPSA) is 96.8 Å². The van der Waals surface area contributed by atoms with E-state index in [1.807, 2.05) is 6.07 Å². The summed E-state index contributed by atoms with van der Waals surface area (Å²) in [5, 5.41) is 3.06. The summed E-state index contributed by atoms with van der Waals surface area (Å²) in [5.74, 6) is 0.596. The zero-order valence-corrected chi connectivity index (χ0v) is 15.9. The van der Waals surface area contributed by atoms with Crippen molar-refractivity contribution in [3.8, 4) is 5.75 Å². The Hall–Kier alpha value is -2.65. The van der Waals surface area contributed by atoms with Gasteiger partial charge in [0.25, 0.3) is 5.56 Å². The number of sulfonamides is 1. The van der Waals surface area contributed by atoms with Gasteiger partial charge in [-0.2, -0.15) is 4.31 Å². The van der Waals surface area contributed by atoms with Crippen molar-refractivity contribution in [2.45, 2.75) is 24.2 Å². The first-order valence-electron chi connectivity index (χ1n) is 8.62. The molecule has 1 aromatic carbocycles. The Morgan fingerprint density at radius 3 is 2.67 bits per heavy atom. The number of nitrogens with zero attached hydrogens (tertiary/aromatic N) is 3. The van der Waals surface area contributed by atoms with Gasteiger partial charge in [0, 0.05) is 42.5 Å². The van der Waals surface area contributed by atoms with Gasteiger partial charge in [0.15, 0.2) is 5.65 Å². The molecule has 1 unspecified atom stereocenters. The van der Waals surface area contributed by atoms with E-state index in [2.05, 4.69) is 10.1 Å². The predicted octanol–water partition coefficient (Wildman–Crippen LogP) is 1.52.